The van der Waals surface area contributed by atoms with E-state index >= 15 is 0 Å². The Kier molecular flexibility index (Phi) is 7.45. The Morgan fingerprint density at radius 1 is 1.50 bits per heavy atom. The van der Waals surface area contributed by atoms with Gasteiger partial charge < -0.3 is 15.2 Å². The quantitative estimate of drug-likeness (QED) is 0.600. The van der Waals surface area contributed by atoms with E-state index < -0.39 is 0 Å². The van der Waals surface area contributed by atoms with Crippen molar-refractivity contribution < 1.29 is 9.84 Å². The molecule has 0 aliphatic rings. The number of methoxy groups -OCH3 is 1. The van der Waals surface area contributed by atoms with Gasteiger partial charge in [0.2, 0.25) is 0 Å². The standard InChI is InChI=1S/C9H21NO2/c1-4-9(7-12-3)10-6-5-8(2)11/h8-11H,4-7H2,1-3H3. The molecular weight excluding hydrogens is 154 g/mol. The summed E-state index contributed by atoms with van der Waals surface area (Å²) in [6, 6.07) is 0.425. The molecule has 0 aromatic rings. The van der Waals surface area contributed by atoms with Gasteiger partial charge in [-0.2, -0.15) is 0 Å². The highest BCUT2D eigenvalue weighted by Crippen LogP contribution is 1.93. The Hall–Kier alpha value is -0.120. The fourth-order valence-electron chi connectivity index (χ4n) is 1.02. The average molecular weight is 175 g/mol. The first-order chi connectivity index (χ1) is 5.70. The molecule has 0 aromatic heterocycles. The summed E-state index contributed by atoms with van der Waals surface area (Å²) in [5.74, 6) is 0. The summed E-state index contributed by atoms with van der Waals surface area (Å²) in [6.45, 7) is 5.54. The van der Waals surface area contributed by atoms with E-state index in [1.807, 2.05) is 0 Å². The molecule has 0 saturated carbocycles. The summed E-state index contributed by atoms with van der Waals surface area (Å²) in [4.78, 5) is 0. The van der Waals surface area contributed by atoms with Crippen molar-refractivity contribution in [2.45, 2.75) is 38.8 Å². The van der Waals surface area contributed by atoms with Gasteiger partial charge in [-0.25, -0.2) is 0 Å². The predicted molar refractivity (Wildman–Crippen MR) is 50.3 cm³/mol. The Balaban J connectivity index is 3.31. The van der Waals surface area contributed by atoms with Gasteiger partial charge in [-0.1, -0.05) is 6.92 Å². The Morgan fingerprint density at radius 2 is 2.17 bits per heavy atom. The van der Waals surface area contributed by atoms with Crippen LogP contribution in [-0.2, 0) is 4.74 Å². The minimum atomic E-state index is -0.211. The van der Waals surface area contributed by atoms with Crippen LogP contribution in [0.4, 0.5) is 0 Å². The van der Waals surface area contributed by atoms with Crippen molar-refractivity contribution in [3.05, 3.63) is 0 Å². The van der Waals surface area contributed by atoms with Gasteiger partial charge in [-0.15, -0.1) is 0 Å². The summed E-state index contributed by atoms with van der Waals surface area (Å²) >= 11 is 0. The molecule has 0 aliphatic heterocycles. The van der Waals surface area contributed by atoms with Crippen LogP contribution in [0.1, 0.15) is 26.7 Å². The number of hydrogen-bond donors (Lipinski definition) is 2. The van der Waals surface area contributed by atoms with Gasteiger partial charge in [-0.05, 0) is 26.3 Å². The molecule has 0 saturated heterocycles. The first kappa shape index (κ1) is 11.9. The zero-order valence-corrected chi connectivity index (χ0v) is 8.34. The second-order valence-electron chi connectivity index (χ2n) is 3.15. The largest absolute Gasteiger partial charge is 0.393 e. The summed E-state index contributed by atoms with van der Waals surface area (Å²) < 4.78 is 5.03. The lowest BCUT2D eigenvalue weighted by molar-refractivity contribution is 0.154. The topological polar surface area (TPSA) is 41.5 Å². The zero-order valence-electron chi connectivity index (χ0n) is 8.34. The van der Waals surface area contributed by atoms with Gasteiger partial charge in [0.25, 0.3) is 0 Å². The average Bonchev–Trinajstić information content (AvgIpc) is 2.02. The van der Waals surface area contributed by atoms with Gasteiger partial charge in [0, 0.05) is 13.2 Å². The second-order valence-corrected chi connectivity index (χ2v) is 3.15. The third kappa shape index (κ3) is 6.58. The van der Waals surface area contributed by atoms with Crippen LogP contribution in [0.5, 0.6) is 0 Å². The number of hydrogen-bond acceptors (Lipinski definition) is 3. The third-order valence-electron chi connectivity index (χ3n) is 1.86. The smallest absolute Gasteiger partial charge is 0.0615 e. The highest BCUT2D eigenvalue weighted by atomic mass is 16.5. The van der Waals surface area contributed by atoms with Crippen LogP contribution in [-0.4, -0.2) is 37.5 Å². The van der Waals surface area contributed by atoms with Crippen molar-refractivity contribution in [3.63, 3.8) is 0 Å². The van der Waals surface area contributed by atoms with Crippen LogP contribution in [0, 0.1) is 0 Å². The Bertz CT molecular complexity index is 96.5. The lowest BCUT2D eigenvalue weighted by Crippen LogP contribution is -2.34. The van der Waals surface area contributed by atoms with Gasteiger partial charge in [0.1, 0.15) is 0 Å². The van der Waals surface area contributed by atoms with Gasteiger partial charge in [-0.3, -0.25) is 0 Å². The van der Waals surface area contributed by atoms with Crippen LogP contribution in [0.25, 0.3) is 0 Å². The molecule has 0 heterocycles. The SMILES string of the molecule is CCC(COC)NCCC(C)O. The number of ether oxygens (including phenoxy) is 1. The van der Waals surface area contributed by atoms with Crippen LogP contribution in [0.2, 0.25) is 0 Å². The minimum absolute atomic E-state index is 0.211. The van der Waals surface area contributed by atoms with Crippen molar-refractivity contribution in [3.8, 4) is 0 Å². The molecule has 0 fully saturated rings. The summed E-state index contributed by atoms with van der Waals surface area (Å²) in [7, 11) is 1.71. The molecule has 12 heavy (non-hydrogen) atoms. The lowest BCUT2D eigenvalue weighted by atomic mass is 10.2. The maximum Gasteiger partial charge on any atom is 0.0615 e. The summed E-state index contributed by atoms with van der Waals surface area (Å²) in [6.07, 6.45) is 1.66. The van der Waals surface area contributed by atoms with E-state index in [9.17, 15) is 0 Å². The van der Waals surface area contributed by atoms with E-state index in [0.29, 0.717) is 6.04 Å². The Labute approximate surface area is 75.1 Å². The first-order valence-corrected chi connectivity index (χ1v) is 4.61. The van der Waals surface area contributed by atoms with Crippen molar-refractivity contribution in [1.82, 2.24) is 5.32 Å². The molecule has 2 N–H and O–H groups in total. The molecule has 0 aromatic carbocycles. The van der Waals surface area contributed by atoms with Crippen LogP contribution < -0.4 is 5.32 Å². The molecule has 0 aliphatic carbocycles. The van der Waals surface area contributed by atoms with E-state index in [2.05, 4.69) is 12.2 Å². The predicted octanol–water partition coefficient (Wildman–Crippen LogP) is 0.772. The number of nitrogens with one attached hydrogen (secondary N) is 1. The van der Waals surface area contributed by atoms with Gasteiger partial charge in [0.05, 0.1) is 12.7 Å². The minimum Gasteiger partial charge on any atom is -0.393 e. The normalized spacial score (nSPS) is 16.0. The molecule has 3 heteroatoms. The van der Waals surface area contributed by atoms with E-state index in [-0.39, 0.29) is 6.10 Å². The zero-order chi connectivity index (χ0) is 9.40. The van der Waals surface area contributed by atoms with Crippen LogP contribution in [0.15, 0.2) is 0 Å². The molecule has 0 rings (SSSR count). The lowest BCUT2D eigenvalue weighted by Gasteiger charge is -2.16. The monoisotopic (exact) mass is 175 g/mol. The maximum absolute atomic E-state index is 9.00. The number of aliphatic hydroxyl groups excluding tert-OH is 1. The van der Waals surface area contributed by atoms with Crippen molar-refractivity contribution in [1.29, 1.82) is 0 Å². The Morgan fingerprint density at radius 3 is 2.58 bits per heavy atom. The van der Waals surface area contributed by atoms with Crippen molar-refractivity contribution >= 4 is 0 Å². The van der Waals surface area contributed by atoms with E-state index in [1.165, 1.54) is 0 Å². The summed E-state index contributed by atoms with van der Waals surface area (Å²) in [5, 5.41) is 12.3. The molecule has 2 atom stereocenters. The van der Waals surface area contributed by atoms with Crippen molar-refractivity contribution in [2.75, 3.05) is 20.3 Å². The van der Waals surface area contributed by atoms with Crippen LogP contribution >= 0.6 is 0 Å². The van der Waals surface area contributed by atoms with Crippen LogP contribution in [0.3, 0.4) is 0 Å². The molecule has 0 amide bonds. The second kappa shape index (κ2) is 7.53. The number of aliphatic hydroxyl groups is 1. The maximum atomic E-state index is 9.00. The fraction of sp³-hybridized carbons (Fsp3) is 1.00. The molecule has 0 spiro atoms. The molecule has 0 bridgehead atoms. The highest BCUT2D eigenvalue weighted by Gasteiger charge is 2.04. The first-order valence-electron chi connectivity index (χ1n) is 4.61. The molecular formula is C9H21NO2. The highest BCUT2D eigenvalue weighted by molar-refractivity contribution is 4.64. The molecule has 3 nitrogen and oxygen atoms in total. The van der Waals surface area contributed by atoms with E-state index in [4.69, 9.17) is 9.84 Å². The van der Waals surface area contributed by atoms with E-state index in [1.54, 1.807) is 14.0 Å². The van der Waals surface area contributed by atoms with E-state index in [0.717, 1.165) is 26.0 Å². The molecule has 74 valence electrons. The van der Waals surface area contributed by atoms with Gasteiger partial charge >= 0.3 is 0 Å². The summed E-state index contributed by atoms with van der Waals surface area (Å²) in [5.41, 5.74) is 0. The molecule has 0 radical (unpaired) electrons. The van der Waals surface area contributed by atoms with Crippen molar-refractivity contribution in [2.24, 2.45) is 0 Å². The fourth-order valence-corrected chi connectivity index (χ4v) is 1.02. The van der Waals surface area contributed by atoms with Gasteiger partial charge in [0.15, 0.2) is 0 Å². The third-order valence-corrected chi connectivity index (χ3v) is 1.86. The molecule has 2 unspecified atom stereocenters. The number of rotatable bonds is 7.